The molecule has 1 heterocycles. The molecule has 0 saturated carbocycles. The molecule has 0 aliphatic rings. The highest BCUT2D eigenvalue weighted by atomic mass is 32.2. The van der Waals surface area contributed by atoms with Gasteiger partial charge in [0, 0.05) is 5.88 Å². The maximum atomic E-state index is 12.3. The van der Waals surface area contributed by atoms with Gasteiger partial charge in [0.25, 0.3) is 0 Å². The van der Waals surface area contributed by atoms with Crippen LogP contribution < -0.4 is 14.6 Å². The largest absolute Gasteiger partial charge is 0.857 e. The van der Waals surface area contributed by atoms with Crippen LogP contribution >= 0.6 is 11.8 Å². The molecule has 0 amide bonds. The highest BCUT2D eigenvalue weighted by Gasteiger charge is 2.15. The summed E-state index contributed by atoms with van der Waals surface area (Å²) in [6, 6.07) is 4.98. The zero-order valence-corrected chi connectivity index (χ0v) is 13.1. The molecule has 0 radical (unpaired) electrons. The summed E-state index contributed by atoms with van der Waals surface area (Å²) in [7, 11) is 3.01. The van der Waals surface area contributed by atoms with Crippen molar-refractivity contribution in [2.75, 3.05) is 20.0 Å². The van der Waals surface area contributed by atoms with Crippen LogP contribution in [0.2, 0.25) is 0 Å². The van der Waals surface area contributed by atoms with E-state index in [0.29, 0.717) is 17.1 Å². The number of aromatic nitrogens is 3. The fraction of sp³-hybridized carbons (Fsp3) is 0.286. The number of hydrogen-bond donors (Lipinski definition) is 0. The van der Waals surface area contributed by atoms with Crippen LogP contribution in [0.3, 0.4) is 0 Å². The number of carbonyl (C=O) groups is 1. The van der Waals surface area contributed by atoms with Crippen LogP contribution in [0.4, 0.5) is 0 Å². The molecule has 0 aliphatic heterocycles. The predicted octanol–water partition coefficient (Wildman–Crippen LogP) is 1.25. The van der Waals surface area contributed by atoms with E-state index in [0.717, 1.165) is 11.8 Å². The first kappa shape index (κ1) is 16.0. The molecular formula is C14H14N3O4S-. The number of Topliss-reactive ketones (excluding diaryl/α,β-unsaturated/α-hetero) is 1. The number of ether oxygens (including phenoxy) is 2. The van der Waals surface area contributed by atoms with Gasteiger partial charge in [-0.3, -0.25) is 4.79 Å². The zero-order chi connectivity index (χ0) is 16.1. The van der Waals surface area contributed by atoms with Gasteiger partial charge in [0.1, 0.15) is 11.5 Å². The number of hydrogen-bond acceptors (Lipinski definition) is 8. The van der Waals surface area contributed by atoms with E-state index in [9.17, 15) is 9.90 Å². The summed E-state index contributed by atoms with van der Waals surface area (Å²) < 4.78 is 10.3. The van der Waals surface area contributed by atoms with Gasteiger partial charge in [0.2, 0.25) is 5.16 Å². The van der Waals surface area contributed by atoms with Gasteiger partial charge < -0.3 is 14.6 Å². The average Bonchev–Trinajstić information content (AvgIpc) is 2.55. The summed E-state index contributed by atoms with van der Waals surface area (Å²) in [5, 5.41) is 19.0. The molecule has 0 bridgehead atoms. The Kier molecular flexibility index (Phi) is 5.16. The van der Waals surface area contributed by atoms with Crippen LogP contribution in [0.5, 0.6) is 17.4 Å². The Morgan fingerprint density at radius 2 is 2.05 bits per heavy atom. The van der Waals surface area contributed by atoms with Gasteiger partial charge in [0.05, 0.1) is 31.2 Å². The van der Waals surface area contributed by atoms with E-state index >= 15 is 0 Å². The number of rotatable bonds is 6. The van der Waals surface area contributed by atoms with Crippen molar-refractivity contribution < 1.29 is 19.4 Å². The second-order valence-corrected chi connectivity index (χ2v) is 5.21. The lowest BCUT2D eigenvalue weighted by Gasteiger charge is -2.10. The number of thioether (sulfide) groups is 1. The number of ketones is 1. The molecule has 1 aromatic carbocycles. The molecule has 7 nitrogen and oxygen atoms in total. The summed E-state index contributed by atoms with van der Waals surface area (Å²) in [4.78, 5) is 16.0. The molecule has 0 aliphatic carbocycles. The second-order valence-electron chi connectivity index (χ2n) is 4.26. The zero-order valence-electron chi connectivity index (χ0n) is 12.3. The Bertz CT molecular complexity index is 694. The molecule has 116 valence electrons. The number of benzene rings is 1. The Labute approximate surface area is 131 Å². The predicted molar refractivity (Wildman–Crippen MR) is 78.6 cm³/mol. The van der Waals surface area contributed by atoms with Crippen molar-refractivity contribution in [3.8, 4) is 17.4 Å². The van der Waals surface area contributed by atoms with Crippen LogP contribution in [0, 0.1) is 6.92 Å². The third-order valence-corrected chi connectivity index (χ3v) is 3.67. The van der Waals surface area contributed by atoms with E-state index < -0.39 is 5.88 Å². The Morgan fingerprint density at radius 1 is 1.27 bits per heavy atom. The molecule has 0 N–H and O–H groups in total. The minimum atomic E-state index is -0.441. The van der Waals surface area contributed by atoms with Crippen molar-refractivity contribution in [3.05, 3.63) is 29.5 Å². The first-order chi connectivity index (χ1) is 10.5. The van der Waals surface area contributed by atoms with E-state index in [1.807, 2.05) is 0 Å². The van der Waals surface area contributed by atoms with Crippen molar-refractivity contribution in [3.63, 3.8) is 0 Å². The van der Waals surface area contributed by atoms with Gasteiger partial charge >= 0.3 is 0 Å². The Balaban J connectivity index is 2.13. The first-order valence-electron chi connectivity index (χ1n) is 6.31. The summed E-state index contributed by atoms with van der Waals surface area (Å²) in [5.41, 5.74) is 0.627. The quantitative estimate of drug-likeness (QED) is 0.579. The highest BCUT2D eigenvalue weighted by Crippen LogP contribution is 2.26. The van der Waals surface area contributed by atoms with E-state index in [1.54, 1.807) is 18.2 Å². The monoisotopic (exact) mass is 320 g/mol. The molecular weight excluding hydrogens is 306 g/mol. The molecule has 2 rings (SSSR count). The van der Waals surface area contributed by atoms with Crippen LogP contribution in [-0.2, 0) is 0 Å². The van der Waals surface area contributed by atoms with E-state index in [2.05, 4.69) is 15.2 Å². The third-order valence-electron chi connectivity index (χ3n) is 2.83. The second kappa shape index (κ2) is 7.08. The van der Waals surface area contributed by atoms with Crippen molar-refractivity contribution >= 4 is 17.5 Å². The lowest BCUT2D eigenvalue weighted by Crippen LogP contribution is -2.08. The number of nitrogens with zero attached hydrogens (tertiary/aromatic N) is 3. The van der Waals surface area contributed by atoms with Gasteiger partial charge in [-0.05, 0) is 25.1 Å². The summed E-state index contributed by atoms with van der Waals surface area (Å²) in [5.74, 6) is 0.456. The van der Waals surface area contributed by atoms with Gasteiger partial charge in [0.15, 0.2) is 5.78 Å². The minimum absolute atomic E-state index is 0.0632. The van der Waals surface area contributed by atoms with Gasteiger partial charge in [-0.15, -0.1) is 5.10 Å². The van der Waals surface area contributed by atoms with Crippen molar-refractivity contribution in [2.24, 2.45) is 0 Å². The lowest BCUT2D eigenvalue weighted by atomic mass is 10.1. The molecule has 1 aromatic heterocycles. The molecule has 22 heavy (non-hydrogen) atoms. The fourth-order valence-corrected chi connectivity index (χ4v) is 2.31. The van der Waals surface area contributed by atoms with Crippen LogP contribution in [0.15, 0.2) is 23.4 Å². The summed E-state index contributed by atoms with van der Waals surface area (Å²) >= 11 is 1.05. The number of methoxy groups -OCH3 is 2. The lowest BCUT2D eigenvalue weighted by molar-refractivity contribution is -0.277. The number of aryl methyl sites for hydroxylation is 1. The minimum Gasteiger partial charge on any atom is -0.857 e. The molecule has 0 saturated heterocycles. The maximum absolute atomic E-state index is 12.3. The molecule has 0 unspecified atom stereocenters. The topological polar surface area (TPSA) is 97.3 Å². The van der Waals surface area contributed by atoms with E-state index in [4.69, 9.17) is 9.47 Å². The first-order valence-corrected chi connectivity index (χ1v) is 7.30. The number of carbonyl (C=O) groups excluding carboxylic acids is 1. The van der Waals surface area contributed by atoms with Gasteiger partial charge in [-0.2, -0.15) is 5.10 Å². The maximum Gasteiger partial charge on any atom is 0.208 e. The molecule has 0 fully saturated rings. The third kappa shape index (κ3) is 3.64. The molecule has 2 aromatic rings. The van der Waals surface area contributed by atoms with E-state index in [-0.39, 0.29) is 22.4 Å². The smallest absolute Gasteiger partial charge is 0.208 e. The molecule has 0 spiro atoms. The molecule has 8 heteroatoms. The normalized spacial score (nSPS) is 10.3. The van der Waals surface area contributed by atoms with Crippen molar-refractivity contribution in [1.29, 1.82) is 0 Å². The van der Waals surface area contributed by atoms with Crippen molar-refractivity contribution in [1.82, 2.24) is 15.2 Å². The standard InChI is InChI=1S/C14H15N3O4S/c1-8-13(19)15-14(17-16-8)22-7-11(18)10-6-9(20-2)4-5-12(10)21-3/h4-6H,7H2,1-3H3,(H,15,17,19)/p-1. The SMILES string of the molecule is COc1ccc(OC)c(C(=O)CSc2nnc(C)c([O-])n2)c1. The average molecular weight is 320 g/mol. The van der Waals surface area contributed by atoms with Crippen molar-refractivity contribution in [2.45, 2.75) is 12.1 Å². The highest BCUT2D eigenvalue weighted by molar-refractivity contribution is 7.99. The van der Waals surface area contributed by atoms with E-state index in [1.165, 1.54) is 21.1 Å². The van der Waals surface area contributed by atoms with Gasteiger partial charge in [-0.25, -0.2) is 4.98 Å². The summed E-state index contributed by atoms with van der Waals surface area (Å²) in [6.07, 6.45) is 0. The van der Waals surface area contributed by atoms with Gasteiger partial charge in [-0.1, -0.05) is 11.8 Å². The van der Waals surface area contributed by atoms with Crippen LogP contribution in [0.1, 0.15) is 16.1 Å². The Hall–Kier alpha value is -2.35. The Morgan fingerprint density at radius 3 is 2.68 bits per heavy atom. The fourth-order valence-electron chi connectivity index (χ4n) is 1.65. The van der Waals surface area contributed by atoms with Crippen LogP contribution in [-0.4, -0.2) is 40.9 Å². The summed E-state index contributed by atoms with van der Waals surface area (Å²) in [6.45, 7) is 1.53. The molecule has 0 atom stereocenters. The van der Waals surface area contributed by atoms with Crippen LogP contribution in [0.25, 0.3) is 0 Å².